The molecule has 0 aromatic rings. The summed E-state index contributed by atoms with van der Waals surface area (Å²) in [5.41, 5.74) is 0. The molecule has 0 aliphatic carbocycles. The zero-order valence-corrected chi connectivity index (χ0v) is 45.7. The maximum absolute atomic E-state index is 12.8. The molecule has 0 aliphatic heterocycles. The summed E-state index contributed by atoms with van der Waals surface area (Å²) in [7, 11) is 5.96. The van der Waals surface area contributed by atoms with Crippen LogP contribution in [0.15, 0.2) is 48.6 Å². The lowest BCUT2D eigenvalue weighted by molar-refractivity contribution is -0.870. The monoisotopic (exact) mass is 973 g/mol. The van der Waals surface area contributed by atoms with E-state index in [4.69, 9.17) is 18.9 Å². The number of esters is 2. The van der Waals surface area contributed by atoms with Crippen LogP contribution in [-0.2, 0) is 33.3 Å². The van der Waals surface area contributed by atoms with Crippen molar-refractivity contribution in [3.8, 4) is 0 Å². The fraction of sp³-hybridized carbons (Fsp3) is 0.817. The third kappa shape index (κ3) is 52.9. The highest BCUT2D eigenvalue weighted by Crippen LogP contribution is 2.16. The van der Waals surface area contributed by atoms with E-state index in [1.54, 1.807) is 0 Å². The molecule has 1 N–H and O–H groups in total. The van der Waals surface area contributed by atoms with Gasteiger partial charge in [0.1, 0.15) is 13.2 Å². The number of aliphatic carboxylic acids is 1. The molecule has 0 aliphatic rings. The van der Waals surface area contributed by atoms with E-state index in [0.717, 1.165) is 64.2 Å². The molecule has 0 saturated heterocycles. The Labute approximate surface area is 425 Å². The van der Waals surface area contributed by atoms with Gasteiger partial charge in [0, 0.05) is 12.8 Å². The molecule has 2 unspecified atom stereocenters. The van der Waals surface area contributed by atoms with Gasteiger partial charge >= 0.3 is 17.9 Å². The zero-order valence-electron chi connectivity index (χ0n) is 45.7. The van der Waals surface area contributed by atoms with Crippen LogP contribution >= 0.6 is 0 Å². The molecule has 402 valence electrons. The van der Waals surface area contributed by atoms with Gasteiger partial charge in [-0.2, -0.15) is 0 Å². The van der Waals surface area contributed by atoms with Crippen molar-refractivity contribution in [1.29, 1.82) is 0 Å². The summed E-state index contributed by atoms with van der Waals surface area (Å²) in [5.74, 6) is -2.01. The van der Waals surface area contributed by atoms with Gasteiger partial charge in [0.15, 0.2) is 6.10 Å². The SMILES string of the molecule is CC/C=C\C/C=C\C/C=C\CCCCCCCCCC(=O)OC(COC(=O)CCCCCCCCCCCCCCCCC/C=C\CCCCCCCCCC)COC(OCC[N+](C)(C)C)C(=O)O. The van der Waals surface area contributed by atoms with Gasteiger partial charge in [-0.25, -0.2) is 4.79 Å². The normalized spacial score (nSPS) is 13.1. The molecular weight excluding hydrogens is 863 g/mol. The lowest BCUT2D eigenvalue weighted by Gasteiger charge is -2.25. The Hall–Kier alpha value is -2.75. The van der Waals surface area contributed by atoms with Crippen LogP contribution in [-0.4, -0.2) is 87.4 Å². The maximum Gasteiger partial charge on any atom is 0.361 e. The summed E-state index contributed by atoms with van der Waals surface area (Å²) >= 11 is 0. The van der Waals surface area contributed by atoms with Crippen LogP contribution < -0.4 is 0 Å². The molecule has 2 atom stereocenters. The van der Waals surface area contributed by atoms with E-state index in [0.29, 0.717) is 23.9 Å². The average molecular weight is 974 g/mol. The van der Waals surface area contributed by atoms with Gasteiger partial charge in [0.2, 0.25) is 0 Å². The second kappa shape index (κ2) is 51.6. The van der Waals surface area contributed by atoms with Crippen LogP contribution in [0.4, 0.5) is 0 Å². The number of carboxylic acids is 1. The van der Waals surface area contributed by atoms with Gasteiger partial charge in [-0.15, -0.1) is 0 Å². The van der Waals surface area contributed by atoms with E-state index in [-0.39, 0.29) is 32.2 Å². The Morgan fingerprint density at radius 1 is 0.449 bits per heavy atom. The summed E-state index contributed by atoms with van der Waals surface area (Å²) in [4.78, 5) is 37.4. The highest BCUT2D eigenvalue weighted by Gasteiger charge is 2.25. The Bertz CT molecular complexity index is 1270. The number of unbranched alkanes of at least 4 members (excludes halogenated alkanes) is 30. The Kier molecular flexibility index (Phi) is 49.5. The molecule has 0 rings (SSSR count). The summed E-state index contributed by atoms with van der Waals surface area (Å²) < 4.78 is 22.9. The fourth-order valence-corrected chi connectivity index (χ4v) is 8.14. The van der Waals surface area contributed by atoms with E-state index in [9.17, 15) is 19.5 Å². The summed E-state index contributed by atoms with van der Waals surface area (Å²) in [6.07, 6.45) is 60.5. The number of likely N-dealkylation sites (N-methyl/N-ethyl adjacent to an activating group) is 1. The van der Waals surface area contributed by atoms with Crippen molar-refractivity contribution in [3.05, 3.63) is 48.6 Å². The van der Waals surface area contributed by atoms with E-state index < -0.39 is 24.3 Å². The number of hydrogen-bond donors (Lipinski definition) is 1. The highest BCUT2D eigenvalue weighted by molar-refractivity contribution is 5.71. The highest BCUT2D eigenvalue weighted by atomic mass is 16.7. The van der Waals surface area contributed by atoms with Crippen molar-refractivity contribution >= 4 is 17.9 Å². The first-order chi connectivity index (χ1) is 33.6. The molecule has 0 radical (unpaired) electrons. The largest absolute Gasteiger partial charge is 0.477 e. The van der Waals surface area contributed by atoms with E-state index in [2.05, 4.69) is 62.5 Å². The number of carboxylic acid groups (broad SMARTS) is 1. The molecule has 9 heteroatoms. The standard InChI is InChI=1S/C60H109NO8/c1-6-8-10-12-14-16-18-20-22-24-25-26-27-28-29-30-31-32-33-35-36-38-40-42-44-46-48-50-57(62)67-54-56(55-68-60(59(64)65)66-53-52-61(3,4)5)69-58(63)51-49-47-45-43-41-39-37-34-23-21-19-17-15-13-11-9-7-2/h9,11,15,17,21,23-25,56,60H,6-8,10,12-14,16,18-20,22,26-55H2,1-5H3/p+1/b11-9-,17-15-,23-21-,25-24-. The minimum Gasteiger partial charge on any atom is -0.477 e. The molecule has 0 heterocycles. The van der Waals surface area contributed by atoms with Gasteiger partial charge in [-0.3, -0.25) is 9.59 Å². The molecule has 9 nitrogen and oxygen atoms in total. The molecule has 69 heavy (non-hydrogen) atoms. The van der Waals surface area contributed by atoms with Gasteiger partial charge < -0.3 is 28.5 Å². The number of quaternary nitrogens is 1. The van der Waals surface area contributed by atoms with Gasteiger partial charge in [0.25, 0.3) is 6.29 Å². The Morgan fingerprint density at radius 3 is 1.25 bits per heavy atom. The second-order valence-corrected chi connectivity index (χ2v) is 20.6. The molecule has 0 spiro atoms. The molecule has 0 aromatic heterocycles. The van der Waals surface area contributed by atoms with Crippen molar-refractivity contribution in [3.63, 3.8) is 0 Å². The molecular formula is C60H110NO8+. The first kappa shape index (κ1) is 66.2. The third-order valence-corrected chi connectivity index (χ3v) is 12.6. The van der Waals surface area contributed by atoms with Crippen molar-refractivity contribution in [2.45, 2.75) is 270 Å². The van der Waals surface area contributed by atoms with Crippen molar-refractivity contribution in [1.82, 2.24) is 0 Å². The number of nitrogens with zero attached hydrogens (tertiary/aromatic N) is 1. The quantitative estimate of drug-likeness (QED) is 0.0211. The topological polar surface area (TPSA) is 108 Å². The number of carbonyl (C=O) groups excluding carboxylic acids is 2. The smallest absolute Gasteiger partial charge is 0.361 e. The summed E-state index contributed by atoms with van der Waals surface area (Å²) in [6.45, 7) is 4.78. The van der Waals surface area contributed by atoms with Crippen LogP contribution in [0.2, 0.25) is 0 Å². The number of hydrogen-bond acceptors (Lipinski definition) is 7. The average Bonchev–Trinajstić information content (AvgIpc) is 3.31. The summed E-state index contributed by atoms with van der Waals surface area (Å²) in [6, 6.07) is 0. The first-order valence-corrected chi connectivity index (χ1v) is 28.8. The van der Waals surface area contributed by atoms with Crippen LogP contribution in [0.1, 0.15) is 258 Å². The maximum atomic E-state index is 12.8. The summed E-state index contributed by atoms with van der Waals surface area (Å²) in [5, 5.41) is 9.69. The van der Waals surface area contributed by atoms with Gasteiger partial charge in [0.05, 0.1) is 34.4 Å². The number of allylic oxidation sites excluding steroid dienone is 8. The molecule has 0 fully saturated rings. The van der Waals surface area contributed by atoms with Crippen LogP contribution in [0, 0.1) is 0 Å². The predicted octanol–water partition coefficient (Wildman–Crippen LogP) is 16.7. The number of carbonyl (C=O) groups is 3. The van der Waals surface area contributed by atoms with Crippen LogP contribution in [0.25, 0.3) is 0 Å². The van der Waals surface area contributed by atoms with E-state index in [1.165, 1.54) is 161 Å². The third-order valence-electron chi connectivity index (χ3n) is 12.6. The van der Waals surface area contributed by atoms with E-state index in [1.807, 2.05) is 21.1 Å². The van der Waals surface area contributed by atoms with Crippen molar-refractivity contribution in [2.75, 3.05) is 47.5 Å². The van der Waals surface area contributed by atoms with Crippen LogP contribution in [0.5, 0.6) is 0 Å². The lowest BCUT2D eigenvalue weighted by atomic mass is 10.0. The Balaban J connectivity index is 4.18. The Morgan fingerprint density at radius 2 is 0.826 bits per heavy atom. The lowest BCUT2D eigenvalue weighted by Crippen LogP contribution is -2.40. The van der Waals surface area contributed by atoms with Gasteiger partial charge in [-0.05, 0) is 70.6 Å². The first-order valence-electron chi connectivity index (χ1n) is 28.8. The predicted molar refractivity (Wildman–Crippen MR) is 290 cm³/mol. The second-order valence-electron chi connectivity index (χ2n) is 20.6. The number of rotatable bonds is 53. The van der Waals surface area contributed by atoms with Crippen LogP contribution in [0.3, 0.4) is 0 Å². The van der Waals surface area contributed by atoms with Gasteiger partial charge in [-0.1, -0.05) is 223 Å². The van der Waals surface area contributed by atoms with Crippen molar-refractivity contribution in [2.24, 2.45) is 0 Å². The molecule has 0 bridgehead atoms. The minimum absolute atomic E-state index is 0.185. The minimum atomic E-state index is -1.51. The molecule has 0 saturated carbocycles. The molecule has 0 amide bonds. The zero-order chi connectivity index (χ0) is 50.6. The van der Waals surface area contributed by atoms with E-state index >= 15 is 0 Å². The molecule has 0 aromatic carbocycles. The van der Waals surface area contributed by atoms with Crippen molar-refractivity contribution < 1.29 is 42.9 Å². The fourth-order valence-electron chi connectivity index (χ4n) is 8.14. The number of ether oxygens (including phenoxy) is 4.